The van der Waals surface area contributed by atoms with E-state index < -0.39 is 0 Å². The van der Waals surface area contributed by atoms with Crippen molar-refractivity contribution >= 4 is 63.1 Å². The second-order valence-corrected chi connectivity index (χ2v) is 10.8. The van der Waals surface area contributed by atoms with Crippen molar-refractivity contribution in [3.8, 4) is 5.75 Å². The third-order valence-electron chi connectivity index (χ3n) is 6.08. The Kier molecular flexibility index (Phi) is 7.65. The fourth-order valence-corrected chi connectivity index (χ4v) is 6.69. The topological polar surface area (TPSA) is 45.1 Å². The number of hydrogen-bond acceptors (Lipinski definition) is 6. The molecule has 0 spiro atoms. The van der Waals surface area contributed by atoms with Crippen molar-refractivity contribution in [3.05, 3.63) is 99.4 Å². The van der Waals surface area contributed by atoms with E-state index in [0.717, 1.165) is 44.7 Å². The van der Waals surface area contributed by atoms with Crippen LogP contribution in [0.2, 0.25) is 5.02 Å². The molecular formula is C29H26ClN3O2S2. The van der Waals surface area contributed by atoms with Gasteiger partial charge in [-0.05, 0) is 79.7 Å². The van der Waals surface area contributed by atoms with Gasteiger partial charge in [0.1, 0.15) is 5.75 Å². The van der Waals surface area contributed by atoms with Crippen LogP contribution in [0.3, 0.4) is 0 Å². The van der Waals surface area contributed by atoms with E-state index in [-0.39, 0.29) is 5.91 Å². The van der Waals surface area contributed by atoms with E-state index in [2.05, 4.69) is 30.0 Å². The molecule has 1 amide bonds. The van der Waals surface area contributed by atoms with Gasteiger partial charge in [0.25, 0.3) is 5.91 Å². The highest BCUT2D eigenvalue weighted by atomic mass is 35.5. The highest BCUT2D eigenvalue weighted by Gasteiger charge is 2.35. The maximum Gasteiger partial charge on any atom is 0.267 e. The Morgan fingerprint density at radius 3 is 2.38 bits per heavy atom. The predicted octanol–water partition coefficient (Wildman–Crippen LogP) is 7.82. The molecule has 1 saturated heterocycles. The molecule has 2 aliphatic rings. The summed E-state index contributed by atoms with van der Waals surface area (Å²) in [4.78, 5) is 24.3. The van der Waals surface area contributed by atoms with Crippen LogP contribution in [0, 0.1) is 0 Å². The van der Waals surface area contributed by atoms with Crippen LogP contribution in [-0.4, -0.2) is 36.2 Å². The van der Waals surface area contributed by atoms with Crippen LogP contribution >= 0.6 is 35.1 Å². The molecule has 8 heteroatoms. The molecule has 0 aliphatic carbocycles. The van der Waals surface area contributed by atoms with Gasteiger partial charge < -0.3 is 9.64 Å². The molecule has 37 heavy (non-hydrogen) atoms. The number of methoxy groups -OCH3 is 1. The van der Waals surface area contributed by atoms with Crippen molar-refractivity contribution in [1.29, 1.82) is 0 Å². The Labute approximate surface area is 230 Å². The molecule has 188 valence electrons. The van der Waals surface area contributed by atoms with E-state index in [1.165, 1.54) is 11.8 Å². The second-order valence-electron chi connectivity index (χ2n) is 8.29. The summed E-state index contributed by atoms with van der Waals surface area (Å²) in [6.45, 7) is 5.44. The quantitative estimate of drug-likeness (QED) is 0.294. The van der Waals surface area contributed by atoms with E-state index in [4.69, 9.17) is 21.3 Å². The summed E-state index contributed by atoms with van der Waals surface area (Å²) in [7, 11) is 1.68. The molecular weight excluding hydrogens is 522 g/mol. The van der Waals surface area contributed by atoms with E-state index in [9.17, 15) is 4.79 Å². The number of likely N-dealkylation sites (N-methyl/N-ethyl adjacent to an activating group) is 1. The van der Waals surface area contributed by atoms with Gasteiger partial charge in [0, 0.05) is 28.6 Å². The number of carbonyl (C=O) groups excluding carboxylic acids is 1. The molecule has 5 nitrogen and oxygen atoms in total. The summed E-state index contributed by atoms with van der Waals surface area (Å²) < 4.78 is 5.45. The largest absolute Gasteiger partial charge is 0.497 e. The van der Waals surface area contributed by atoms with Crippen molar-refractivity contribution in [2.24, 2.45) is 4.99 Å². The van der Waals surface area contributed by atoms with Crippen LogP contribution in [-0.2, 0) is 4.79 Å². The summed E-state index contributed by atoms with van der Waals surface area (Å²) in [5.74, 6) is 0.787. The lowest BCUT2D eigenvalue weighted by Gasteiger charge is -2.19. The SMILES string of the molecule is CCN1C(=O)/C(=C(/C=C2\Sc3cc(OC)ccc3N2CC)c2ccccc2)SC1=Nc1ccc(Cl)cc1. The Morgan fingerprint density at radius 1 is 0.973 bits per heavy atom. The number of halogens is 1. The average Bonchev–Trinajstić information content (AvgIpc) is 3.43. The number of amidine groups is 1. The summed E-state index contributed by atoms with van der Waals surface area (Å²) in [5.41, 5.74) is 3.77. The number of ether oxygens (including phenoxy) is 1. The van der Waals surface area contributed by atoms with Gasteiger partial charge >= 0.3 is 0 Å². The van der Waals surface area contributed by atoms with Crippen LogP contribution in [0.1, 0.15) is 19.4 Å². The third-order valence-corrected chi connectivity index (χ3v) is 8.52. The minimum absolute atomic E-state index is 0.0406. The van der Waals surface area contributed by atoms with Crippen LogP contribution in [0.4, 0.5) is 11.4 Å². The molecule has 3 aromatic carbocycles. The molecule has 0 N–H and O–H groups in total. The number of nitrogens with zero attached hydrogens (tertiary/aromatic N) is 3. The molecule has 1 fully saturated rings. The number of fused-ring (bicyclic) bond motifs is 1. The van der Waals surface area contributed by atoms with Gasteiger partial charge in [0.05, 0.1) is 28.4 Å². The van der Waals surface area contributed by atoms with Crippen molar-refractivity contribution in [3.63, 3.8) is 0 Å². The van der Waals surface area contributed by atoms with Crippen molar-refractivity contribution in [2.45, 2.75) is 18.7 Å². The maximum absolute atomic E-state index is 13.7. The van der Waals surface area contributed by atoms with Crippen LogP contribution < -0.4 is 9.64 Å². The van der Waals surface area contributed by atoms with E-state index >= 15 is 0 Å². The molecule has 5 rings (SSSR count). The number of aliphatic imine (C=N–C) groups is 1. The number of carbonyl (C=O) groups is 1. The molecule has 2 heterocycles. The van der Waals surface area contributed by atoms with E-state index in [0.29, 0.717) is 21.6 Å². The van der Waals surface area contributed by atoms with E-state index in [1.807, 2.05) is 55.5 Å². The molecule has 0 aromatic heterocycles. The lowest BCUT2D eigenvalue weighted by atomic mass is 10.0. The third kappa shape index (κ3) is 5.17. The van der Waals surface area contributed by atoms with Gasteiger partial charge in [0.15, 0.2) is 5.17 Å². The highest BCUT2D eigenvalue weighted by Crippen LogP contribution is 2.49. The monoisotopic (exact) mass is 547 g/mol. The fourth-order valence-electron chi connectivity index (χ4n) is 4.23. The van der Waals surface area contributed by atoms with Crippen molar-refractivity contribution in [2.75, 3.05) is 25.1 Å². The number of amides is 1. The van der Waals surface area contributed by atoms with Gasteiger partial charge in [-0.3, -0.25) is 9.69 Å². The van der Waals surface area contributed by atoms with Crippen LogP contribution in [0.15, 0.2) is 98.7 Å². The summed E-state index contributed by atoms with van der Waals surface area (Å²) in [5, 5.41) is 2.38. The number of benzene rings is 3. The molecule has 0 atom stereocenters. The lowest BCUT2D eigenvalue weighted by molar-refractivity contribution is -0.122. The molecule has 2 aliphatic heterocycles. The molecule has 0 bridgehead atoms. The van der Waals surface area contributed by atoms with Crippen LogP contribution in [0.25, 0.3) is 5.57 Å². The summed E-state index contributed by atoms with van der Waals surface area (Å²) >= 11 is 9.16. The fraction of sp³-hybridized carbons (Fsp3) is 0.172. The zero-order valence-corrected chi connectivity index (χ0v) is 23.2. The molecule has 0 unspecified atom stereocenters. The standard InChI is InChI=1S/C29H26ClN3O2S2/c1-4-32-24-16-15-22(35-3)17-25(24)36-26(32)18-23(19-9-7-6-8-10-19)27-28(34)33(5-2)29(37-27)31-21-13-11-20(30)12-14-21/h6-18H,4-5H2,1-3H3/b26-18-,27-23+,31-29?. The Hall–Kier alpha value is -3.13. The number of rotatable bonds is 6. The minimum atomic E-state index is -0.0406. The van der Waals surface area contributed by atoms with Crippen molar-refractivity contribution in [1.82, 2.24) is 4.90 Å². The Bertz CT molecular complexity index is 1420. The predicted molar refractivity (Wildman–Crippen MR) is 157 cm³/mol. The minimum Gasteiger partial charge on any atom is -0.497 e. The zero-order valence-electron chi connectivity index (χ0n) is 20.8. The number of thioether (sulfide) groups is 2. The first-order chi connectivity index (χ1) is 18.0. The smallest absolute Gasteiger partial charge is 0.267 e. The van der Waals surface area contributed by atoms with Gasteiger partial charge in [-0.25, -0.2) is 4.99 Å². The number of anilines is 1. The molecule has 0 saturated carbocycles. The summed E-state index contributed by atoms with van der Waals surface area (Å²) in [6, 6.07) is 23.5. The highest BCUT2D eigenvalue weighted by molar-refractivity contribution is 8.18. The molecule has 3 aromatic rings. The lowest BCUT2D eigenvalue weighted by Crippen LogP contribution is -2.28. The van der Waals surface area contributed by atoms with Gasteiger partial charge in [0.2, 0.25) is 0 Å². The number of allylic oxidation sites excluding steroid dienone is 2. The van der Waals surface area contributed by atoms with Gasteiger partial charge in [-0.2, -0.15) is 0 Å². The second kappa shape index (κ2) is 11.1. The first-order valence-corrected chi connectivity index (χ1v) is 14.0. The zero-order chi connectivity index (χ0) is 25.9. The number of hydrogen-bond donors (Lipinski definition) is 0. The Morgan fingerprint density at radius 2 is 1.70 bits per heavy atom. The first-order valence-electron chi connectivity index (χ1n) is 12.0. The first kappa shape index (κ1) is 25.5. The normalized spacial score (nSPS) is 18.6. The average molecular weight is 548 g/mol. The van der Waals surface area contributed by atoms with Crippen molar-refractivity contribution < 1.29 is 9.53 Å². The van der Waals surface area contributed by atoms with E-state index in [1.54, 1.807) is 35.9 Å². The van der Waals surface area contributed by atoms with Gasteiger partial charge in [-0.1, -0.05) is 53.7 Å². The maximum atomic E-state index is 13.7. The van der Waals surface area contributed by atoms with Crippen LogP contribution in [0.5, 0.6) is 5.75 Å². The summed E-state index contributed by atoms with van der Waals surface area (Å²) in [6.07, 6.45) is 2.13. The molecule has 0 radical (unpaired) electrons. The Balaban J connectivity index is 1.61. The van der Waals surface area contributed by atoms with Gasteiger partial charge in [-0.15, -0.1) is 0 Å².